The van der Waals surface area contributed by atoms with Crippen molar-refractivity contribution in [1.82, 2.24) is 15.6 Å². The van der Waals surface area contributed by atoms with Crippen molar-refractivity contribution in [2.75, 3.05) is 6.54 Å². The molecule has 2 N–H and O–H groups in total. The minimum absolute atomic E-state index is 0.0856. The molecule has 19 heavy (non-hydrogen) atoms. The molecule has 2 amide bonds. The van der Waals surface area contributed by atoms with Crippen molar-refractivity contribution in [2.24, 2.45) is 0 Å². The molecule has 0 fully saturated rings. The second-order valence-corrected chi connectivity index (χ2v) is 4.99. The Kier molecular flexibility index (Phi) is 6.05. The zero-order valence-electron chi connectivity index (χ0n) is 10.7. The van der Waals surface area contributed by atoms with Gasteiger partial charge in [-0.25, -0.2) is 4.98 Å². The van der Waals surface area contributed by atoms with Gasteiger partial charge in [-0.3, -0.25) is 9.59 Å². The van der Waals surface area contributed by atoms with Gasteiger partial charge in [-0.1, -0.05) is 23.2 Å². The van der Waals surface area contributed by atoms with E-state index in [9.17, 15) is 9.59 Å². The Morgan fingerprint density at radius 3 is 2.63 bits per heavy atom. The van der Waals surface area contributed by atoms with E-state index >= 15 is 0 Å². The summed E-state index contributed by atoms with van der Waals surface area (Å²) >= 11 is 11.4. The fourth-order valence-electron chi connectivity index (χ4n) is 1.33. The zero-order valence-corrected chi connectivity index (χ0v) is 12.2. The highest BCUT2D eigenvalue weighted by atomic mass is 35.5. The molecular weight excluding hydrogens is 289 g/mol. The number of amides is 2. The molecule has 1 rings (SSSR count). The van der Waals surface area contributed by atoms with Crippen LogP contribution in [0.3, 0.4) is 0 Å². The SMILES string of the molecule is CC(C)NC(=O)CCNC(=O)c1cnc(Cl)c(Cl)c1. The lowest BCUT2D eigenvalue weighted by atomic mass is 10.2. The minimum Gasteiger partial charge on any atom is -0.354 e. The Labute approximate surface area is 121 Å². The van der Waals surface area contributed by atoms with E-state index < -0.39 is 0 Å². The third-order valence-corrected chi connectivity index (χ3v) is 2.83. The van der Waals surface area contributed by atoms with E-state index in [1.807, 2.05) is 13.8 Å². The molecule has 0 saturated heterocycles. The van der Waals surface area contributed by atoms with Crippen LogP contribution >= 0.6 is 23.2 Å². The number of pyridine rings is 1. The summed E-state index contributed by atoms with van der Waals surface area (Å²) in [4.78, 5) is 26.9. The molecule has 0 saturated carbocycles. The van der Waals surface area contributed by atoms with Gasteiger partial charge >= 0.3 is 0 Å². The van der Waals surface area contributed by atoms with Gasteiger partial charge in [0.1, 0.15) is 5.15 Å². The van der Waals surface area contributed by atoms with Crippen LogP contribution in [0.25, 0.3) is 0 Å². The number of carbonyl (C=O) groups is 2. The highest BCUT2D eigenvalue weighted by Crippen LogP contribution is 2.19. The summed E-state index contributed by atoms with van der Waals surface area (Å²) in [5.41, 5.74) is 0.304. The van der Waals surface area contributed by atoms with E-state index in [0.29, 0.717) is 5.56 Å². The summed E-state index contributed by atoms with van der Waals surface area (Å²) in [5.74, 6) is -0.453. The molecule has 0 aliphatic rings. The standard InChI is InChI=1S/C12H15Cl2N3O2/c1-7(2)17-10(18)3-4-15-12(19)8-5-9(13)11(14)16-6-8/h5-7H,3-4H2,1-2H3,(H,15,19)(H,17,18). The normalized spacial score (nSPS) is 10.4. The third-order valence-electron chi connectivity index (χ3n) is 2.15. The summed E-state index contributed by atoms with van der Waals surface area (Å²) < 4.78 is 0. The van der Waals surface area contributed by atoms with Gasteiger partial charge in [-0.15, -0.1) is 0 Å². The maximum Gasteiger partial charge on any atom is 0.252 e. The van der Waals surface area contributed by atoms with Crippen LogP contribution in [-0.2, 0) is 4.79 Å². The molecule has 1 aromatic rings. The van der Waals surface area contributed by atoms with E-state index in [2.05, 4.69) is 15.6 Å². The lowest BCUT2D eigenvalue weighted by Crippen LogP contribution is -2.34. The molecule has 0 aromatic carbocycles. The second kappa shape index (κ2) is 7.31. The number of hydrogen-bond donors (Lipinski definition) is 2. The monoisotopic (exact) mass is 303 g/mol. The number of rotatable bonds is 5. The molecule has 0 bridgehead atoms. The Morgan fingerprint density at radius 2 is 2.05 bits per heavy atom. The van der Waals surface area contributed by atoms with Crippen molar-refractivity contribution in [2.45, 2.75) is 26.3 Å². The van der Waals surface area contributed by atoms with Crippen LogP contribution < -0.4 is 10.6 Å². The minimum atomic E-state index is -0.344. The first kappa shape index (κ1) is 15.7. The number of hydrogen-bond acceptors (Lipinski definition) is 3. The number of nitrogens with zero attached hydrogens (tertiary/aromatic N) is 1. The molecular formula is C12H15Cl2N3O2. The van der Waals surface area contributed by atoms with Crippen LogP contribution in [0.5, 0.6) is 0 Å². The Hall–Kier alpha value is -1.33. The second-order valence-electron chi connectivity index (χ2n) is 4.22. The molecule has 0 aliphatic carbocycles. The molecule has 0 radical (unpaired) electrons. The van der Waals surface area contributed by atoms with E-state index in [-0.39, 0.29) is 41.0 Å². The van der Waals surface area contributed by atoms with Gasteiger partial charge in [0.05, 0.1) is 10.6 Å². The highest BCUT2D eigenvalue weighted by molar-refractivity contribution is 6.41. The predicted octanol–water partition coefficient (Wildman–Crippen LogP) is 2.03. The van der Waals surface area contributed by atoms with Crippen LogP contribution in [0, 0.1) is 0 Å². The number of carbonyl (C=O) groups excluding carboxylic acids is 2. The Morgan fingerprint density at radius 1 is 1.37 bits per heavy atom. The highest BCUT2D eigenvalue weighted by Gasteiger charge is 2.09. The van der Waals surface area contributed by atoms with Crippen LogP contribution in [-0.4, -0.2) is 29.4 Å². The molecule has 0 unspecified atom stereocenters. The van der Waals surface area contributed by atoms with Crippen LogP contribution in [0.15, 0.2) is 12.3 Å². The predicted molar refractivity (Wildman–Crippen MR) is 74.5 cm³/mol. The van der Waals surface area contributed by atoms with Crippen molar-refractivity contribution >= 4 is 35.0 Å². The van der Waals surface area contributed by atoms with Gasteiger partial charge in [0.2, 0.25) is 5.91 Å². The van der Waals surface area contributed by atoms with Gasteiger partial charge in [0, 0.05) is 25.2 Å². The first-order chi connectivity index (χ1) is 8.90. The first-order valence-corrected chi connectivity index (χ1v) is 6.54. The van der Waals surface area contributed by atoms with Gasteiger partial charge in [-0.2, -0.15) is 0 Å². The van der Waals surface area contributed by atoms with Crippen molar-refractivity contribution in [1.29, 1.82) is 0 Å². The van der Waals surface area contributed by atoms with Crippen LogP contribution in [0.1, 0.15) is 30.6 Å². The number of aromatic nitrogens is 1. The summed E-state index contributed by atoms with van der Waals surface area (Å²) in [5, 5.41) is 5.70. The van der Waals surface area contributed by atoms with Gasteiger partial charge in [0.15, 0.2) is 0 Å². The van der Waals surface area contributed by atoms with E-state index in [4.69, 9.17) is 23.2 Å². The maximum absolute atomic E-state index is 11.7. The lowest BCUT2D eigenvalue weighted by Gasteiger charge is -2.09. The van der Waals surface area contributed by atoms with Crippen molar-refractivity contribution < 1.29 is 9.59 Å². The van der Waals surface area contributed by atoms with Crippen molar-refractivity contribution in [3.05, 3.63) is 28.0 Å². The van der Waals surface area contributed by atoms with Crippen molar-refractivity contribution in [3.8, 4) is 0 Å². The molecule has 104 valence electrons. The number of halogens is 2. The zero-order chi connectivity index (χ0) is 14.4. The lowest BCUT2D eigenvalue weighted by molar-refractivity contribution is -0.121. The molecule has 0 aliphatic heterocycles. The summed E-state index contributed by atoms with van der Waals surface area (Å²) in [6, 6.07) is 1.52. The maximum atomic E-state index is 11.7. The van der Waals surface area contributed by atoms with Crippen molar-refractivity contribution in [3.63, 3.8) is 0 Å². The molecule has 5 nitrogen and oxygen atoms in total. The molecule has 1 heterocycles. The molecule has 1 aromatic heterocycles. The largest absolute Gasteiger partial charge is 0.354 e. The number of nitrogens with one attached hydrogen (secondary N) is 2. The van der Waals surface area contributed by atoms with Gasteiger partial charge in [-0.05, 0) is 19.9 Å². The van der Waals surface area contributed by atoms with Crippen LogP contribution in [0.4, 0.5) is 0 Å². The third kappa shape index (κ3) is 5.44. The quantitative estimate of drug-likeness (QED) is 0.818. The van der Waals surface area contributed by atoms with Gasteiger partial charge in [0.25, 0.3) is 5.91 Å². The fourth-order valence-corrected chi connectivity index (χ4v) is 1.60. The summed E-state index contributed by atoms with van der Waals surface area (Å²) in [6.45, 7) is 3.99. The molecule has 7 heteroatoms. The molecule has 0 atom stereocenters. The summed E-state index contributed by atoms with van der Waals surface area (Å²) in [6.07, 6.45) is 1.55. The fraction of sp³-hybridized carbons (Fsp3) is 0.417. The first-order valence-electron chi connectivity index (χ1n) is 5.78. The van der Waals surface area contributed by atoms with Gasteiger partial charge < -0.3 is 10.6 Å². The smallest absolute Gasteiger partial charge is 0.252 e. The molecule has 0 spiro atoms. The Balaban J connectivity index is 2.43. The Bertz CT molecular complexity index is 478. The van der Waals surface area contributed by atoms with E-state index in [0.717, 1.165) is 0 Å². The summed E-state index contributed by atoms with van der Waals surface area (Å²) in [7, 11) is 0. The average Bonchev–Trinajstić information content (AvgIpc) is 2.31. The topological polar surface area (TPSA) is 71.1 Å². The van der Waals surface area contributed by atoms with Crippen LogP contribution in [0.2, 0.25) is 10.2 Å². The van der Waals surface area contributed by atoms with E-state index in [1.165, 1.54) is 12.3 Å². The van der Waals surface area contributed by atoms with E-state index in [1.54, 1.807) is 0 Å². The average molecular weight is 304 g/mol.